The first kappa shape index (κ1) is 11.8. The lowest BCUT2D eigenvalue weighted by Gasteiger charge is -2.17. The fourth-order valence-corrected chi connectivity index (χ4v) is 2.33. The third-order valence-corrected chi connectivity index (χ3v) is 3.26. The van der Waals surface area contributed by atoms with Gasteiger partial charge in [0.2, 0.25) is 0 Å². The first-order chi connectivity index (χ1) is 10.4. The van der Waals surface area contributed by atoms with Gasteiger partial charge >= 0.3 is 7.55 Å². The quantitative estimate of drug-likeness (QED) is 0.666. The van der Waals surface area contributed by atoms with E-state index >= 15 is 0 Å². The van der Waals surface area contributed by atoms with Gasteiger partial charge in [0.1, 0.15) is 24.3 Å². The number of fused-ring (bicyclic) bond motifs is 1. The van der Waals surface area contributed by atoms with E-state index in [0.29, 0.717) is 0 Å². The van der Waals surface area contributed by atoms with Gasteiger partial charge in [0.25, 0.3) is 0 Å². The van der Waals surface area contributed by atoms with Crippen molar-refractivity contribution < 1.29 is 0 Å². The van der Waals surface area contributed by atoms with Crippen molar-refractivity contribution in [2.75, 3.05) is 9.62 Å². The molecule has 0 bridgehead atoms. The van der Waals surface area contributed by atoms with Crippen LogP contribution in [-0.2, 0) is 0 Å². The first-order valence-corrected chi connectivity index (χ1v) is 6.48. The number of aromatic nitrogens is 4. The average molecular weight is 273 g/mol. The summed E-state index contributed by atoms with van der Waals surface area (Å²) in [6, 6.07) is 11.9. The first-order valence-electron chi connectivity index (χ1n) is 6.48. The van der Waals surface area contributed by atoms with E-state index < -0.39 is 0 Å². The van der Waals surface area contributed by atoms with E-state index in [-0.39, 0.29) is 0 Å². The van der Waals surface area contributed by atoms with Gasteiger partial charge in [-0.1, -0.05) is 12.1 Å². The SMILES string of the molecule is [B]1N(c2ccncn2)c2ccccc2N1c1ccncn1. The normalized spacial score (nSPS) is 13.0. The second kappa shape index (κ2) is 4.86. The van der Waals surface area contributed by atoms with Crippen molar-refractivity contribution in [3.05, 3.63) is 61.4 Å². The fourth-order valence-electron chi connectivity index (χ4n) is 2.33. The molecule has 1 aliphatic rings. The van der Waals surface area contributed by atoms with Crippen LogP contribution in [0.1, 0.15) is 0 Å². The molecule has 21 heavy (non-hydrogen) atoms. The highest BCUT2D eigenvalue weighted by Crippen LogP contribution is 2.41. The lowest BCUT2D eigenvalue weighted by molar-refractivity contribution is 1.14. The van der Waals surface area contributed by atoms with E-state index in [1.165, 1.54) is 0 Å². The van der Waals surface area contributed by atoms with Gasteiger partial charge < -0.3 is 9.62 Å². The molecule has 99 valence electrons. The number of hydrogen-bond acceptors (Lipinski definition) is 6. The zero-order chi connectivity index (χ0) is 14.1. The standard InChI is InChI=1S/C14H10BN6/c1-2-4-12-11(3-1)20(13-5-7-16-9-18-13)15-21(12)14-6-8-17-10-19-14/h1-10H. The van der Waals surface area contributed by atoms with Crippen LogP contribution in [0.2, 0.25) is 0 Å². The van der Waals surface area contributed by atoms with Gasteiger partial charge in [0.15, 0.2) is 0 Å². The molecule has 6 nitrogen and oxygen atoms in total. The van der Waals surface area contributed by atoms with E-state index in [2.05, 4.69) is 32.1 Å². The lowest BCUT2D eigenvalue weighted by atomic mass is 10.1. The minimum Gasteiger partial charge on any atom is -0.351 e. The van der Waals surface area contributed by atoms with Crippen molar-refractivity contribution >= 4 is 30.6 Å². The summed E-state index contributed by atoms with van der Waals surface area (Å²) in [7, 11) is 1.97. The molecule has 2 aromatic heterocycles. The minimum absolute atomic E-state index is 0.814. The van der Waals surface area contributed by atoms with Crippen LogP contribution in [0.15, 0.2) is 61.4 Å². The molecule has 0 N–H and O–H groups in total. The molecule has 0 spiro atoms. The molecule has 1 radical (unpaired) electrons. The Morgan fingerprint density at radius 2 is 1.24 bits per heavy atom. The summed E-state index contributed by atoms with van der Waals surface area (Å²) in [5, 5.41) is 0. The Bertz CT molecular complexity index is 687. The van der Waals surface area contributed by atoms with E-state index in [9.17, 15) is 0 Å². The molecule has 7 heteroatoms. The Morgan fingerprint density at radius 1 is 0.714 bits per heavy atom. The molecular formula is C14H10BN6. The summed E-state index contributed by atoms with van der Waals surface area (Å²) in [5.41, 5.74) is 2.10. The maximum absolute atomic E-state index is 4.31. The van der Waals surface area contributed by atoms with Gasteiger partial charge in [0.05, 0.1) is 11.4 Å². The molecule has 3 heterocycles. The third-order valence-electron chi connectivity index (χ3n) is 3.26. The summed E-state index contributed by atoms with van der Waals surface area (Å²) < 4.78 is 0. The molecule has 3 aromatic rings. The molecule has 0 saturated carbocycles. The van der Waals surface area contributed by atoms with E-state index in [4.69, 9.17) is 0 Å². The topological polar surface area (TPSA) is 58.0 Å². The highest BCUT2D eigenvalue weighted by atomic mass is 15.3. The second-order valence-corrected chi connectivity index (χ2v) is 4.48. The summed E-state index contributed by atoms with van der Waals surface area (Å²) in [4.78, 5) is 20.6. The van der Waals surface area contributed by atoms with Gasteiger partial charge in [-0.2, -0.15) is 0 Å². The van der Waals surface area contributed by atoms with Gasteiger partial charge in [0, 0.05) is 12.4 Å². The van der Waals surface area contributed by atoms with Crippen LogP contribution < -0.4 is 9.62 Å². The van der Waals surface area contributed by atoms with Crippen LogP contribution in [0, 0.1) is 0 Å². The second-order valence-electron chi connectivity index (χ2n) is 4.48. The molecule has 0 unspecified atom stereocenters. The summed E-state index contributed by atoms with van der Waals surface area (Å²) >= 11 is 0. The minimum atomic E-state index is 0.814. The summed E-state index contributed by atoms with van der Waals surface area (Å²) in [6.07, 6.45) is 6.54. The van der Waals surface area contributed by atoms with Gasteiger partial charge in [-0.25, -0.2) is 19.9 Å². The van der Waals surface area contributed by atoms with Crippen molar-refractivity contribution in [1.29, 1.82) is 0 Å². The number of para-hydroxylation sites is 2. The van der Waals surface area contributed by atoms with Crippen LogP contribution in [0.5, 0.6) is 0 Å². The fraction of sp³-hybridized carbons (Fsp3) is 0. The van der Waals surface area contributed by atoms with Crippen LogP contribution in [0.3, 0.4) is 0 Å². The molecule has 0 saturated heterocycles. The highest BCUT2D eigenvalue weighted by Gasteiger charge is 2.31. The van der Waals surface area contributed by atoms with E-state index in [1.807, 2.05) is 41.4 Å². The Balaban J connectivity index is 1.81. The molecule has 1 aromatic carbocycles. The Morgan fingerprint density at radius 3 is 1.67 bits per heavy atom. The number of benzene rings is 1. The van der Waals surface area contributed by atoms with Crippen LogP contribution in [0.4, 0.5) is 23.0 Å². The Hall–Kier alpha value is -2.96. The number of nitrogens with zero attached hydrogens (tertiary/aromatic N) is 6. The highest BCUT2D eigenvalue weighted by molar-refractivity contribution is 6.54. The number of anilines is 4. The molecule has 4 rings (SSSR count). The van der Waals surface area contributed by atoms with Crippen LogP contribution in [0.25, 0.3) is 0 Å². The maximum atomic E-state index is 4.31. The van der Waals surface area contributed by atoms with Crippen molar-refractivity contribution in [3.8, 4) is 0 Å². The number of hydrogen-bond donors (Lipinski definition) is 0. The van der Waals surface area contributed by atoms with Crippen molar-refractivity contribution in [2.24, 2.45) is 0 Å². The molecular weight excluding hydrogens is 263 g/mol. The molecule has 0 amide bonds. The predicted molar refractivity (Wildman–Crippen MR) is 80.5 cm³/mol. The average Bonchev–Trinajstić information content (AvgIpc) is 2.96. The molecule has 1 aliphatic heterocycles. The van der Waals surface area contributed by atoms with Gasteiger partial charge in [-0.05, 0) is 24.3 Å². The van der Waals surface area contributed by atoms with E-state index in [0.717, 1.165) is 23.0 Å². The zero-order valence-electron chi connectivity index (χ0n) is 11.0. The summed E-state index contributed by atoms with van der Waals surface area (Å²) in [6.45, 7) is 0. The van der Waals surface area contributed by atoms with Crippen molar-refractivity contribution in [2.45, 2.75) is 0 Å². The van der Waals surface area contributed by atoms with Gasteiger partial charge in [-0.3, -0.25) is 0 Å². The van der Waals surface area contributed by atoms with Gasteiger partial charge in [-0.15, -0.1) is 0 Å². The number of rotatable bonds is 2. The Kier molecular flexibility index (Phi) is 2.74. The summed E-state index contributed by atoms with van der Waals surface area (Å²) in [5.74, 6) is 1.63. The van der Waals surface area contributed by atoms with Crippen molar-refractivity contribution in [1.82, 2.24) is 19.9 Å². The molecule has 0 atom stereocenters. The van der Waals surface area contributed by atoms with Crippen LogP contribution >= 0.6 is 0 Å². The monoisotopic (exact) mass is 273 g/mol. The smallest absolute Gasteiger partial charge is 0.351 e. The van der Waals surface area contributed by atoms with Crippen LogP contribution in [-0.4, -0.2) is 27.5 Å². The maximum Gasteiger partial charge on any atom is 0.403 e. The zero-order valence-corrected chi connectivity index (χ0v) is 11.0. The van der Waals surface area contributed by atoms with E-state index in [1.54, 1.807) is 25.0 Å². The molecule has 0 fully saturated rings. The molecule has 0 aliphatic carbocycles. The predicted octanol–water partition coefficient (Wildman–Crippen LogP) is 2.09. The van der Waals surface area contributed by atoms with Crippen molar-refractivity contribution in [3.63, 3.8) is 0 Å². The largest absolute Gasteiger partial charge is 0.403 e. The third kappa shape index (κ3) is 1.99. The Labute approximate surface area is 122 Å². The lowest BCUT2D eigenvalue weighted by Crippen LogP contribution is -2.29.